The summed E-state index contributed by atoms with van der Waals surface area (Å²) in [5.41, 5.74) is 3.98. The van der Waals surface area contributed by atoms with E-state index in [4.69, 9.17) is 0 Å². The van der Waals surface area contributed by atoms with E-state index < -0.39 is 6.36 Å². The van der Waals surface area contributed by atoms with Crippen LogP contribution in [0.4, 0.5) is 17.6 Å². The highest BCUT2D eigenvalue weighted by molar-refractivity contribution is 5.84. The van der Waals surface area contributed by atoms with Gasteiger partial charge in [0.15, 0.2) is 0 Å². The summed E-state index contributed by atoms with van der Waals surface area (Å²) < 4.78 is 55.5. The average Bonchev–Trinajstić information content (AvgIpc) is 2.58. The van der Waals surface area contributed by atoms with E-state index in [0.29, 0.717) is 18.4 Å². The van der Waals surface area contributed by atoms with Crippen molar-refractivity contribution in [3.05, 3.63) is 64.5 Å². The fraction of sp³-hybridized carbons (Fsp3) is 0.333. The minimum absolute atomic E-state index is 0.223. The molecule has 0 radical (unpaired) electrons. The number of halogens is 4. The Kier molecular flexibility index (Phi) is 5.35. The first-order valence-corrected chi connectivity index (χ1v) is 8.74. The molecule has 3 rings (SSSR count). The Bertz CT molecular complexity index is 821. The van der Waals surface area contributed by atoms with Crippen LogP contribution in [-0.2, 0) is 12.8 Å². The van der Waals surface area contributed by atoms with Crippen LogP contribution in [0.3, 0.4) is 0 Å². The van der Waals surface area contributed by atoms with Crippen LogP contribution in [0.2, 0.25) is 0 Å². The molecule has 1 aliphatic carbocycles. The molecule has 0 spiro atoms. The maximum Gasteiger partial charge on any atom is 0.573 e. The summed E-state index contributed by atoms with van der Waals surface area (Å²) in [5, 5.41) is 0. The Labute approximate surface area is 150 Å². The highest BCUT2D eigenvalue weighted by Gasteiger charge is 2.31. The number of aryl methyl sites for hydroxylation is 2. The molecule has 0 fully saturated rings. The van der Waals surface area contributed by atoms with Gasteiger partial charge in [0.2, 0.25) is 0 Å². The van der Waals surface area contributed by atoms with E-state index >= 15 is 0 Å². The van der Waals surface area contributed by atoms with Crippen molar-refractivity contribution in [1.29, 1.82) is 0 Å². The van der Waals surface area contributed by atoms with Crippen molar-refractivity contribution in [1.82, 2.24) is 0 Å². The molecule has 0 aromatic heterocycles. The summed E-state index contributed by atoms with van der Waals surface area (Å²) >= 11 is 0. The van der Waals surface area contributed by atoms with Crippen molar-refractivity contribution >= 4 is 11.6 Å². The second-order valence-corrected chi connectivity index (χ2v) is 6.50. The first-order valence-electron chi connectivity index (χ1n) is 8.74. The first-order chi connectivity index (χ1) is 12.4. The molecule has 138 valence electrons. The molecule has 0 aliphatic heterocycles. The Morgan fingerprint density at radius 2 is 1.85 bits per heavy atom. The molecule has 2 aromatic carbocycles. The zero-order chi connectivity index (χ0) is 18.7. The minimum Gasteiger partial charge on any atom is -0.406 e. The summed E-state index contributed by atoms with van der Waals surface area (Å²) in [7, 11) is 0. The fourth-order valence-corrected chi connectivity index (χ4v) is 3.23. The van der Waals surface area contributed by atoms with Crippen LogP contribution in [-0.4, -0.2) is 6.36 Å². The lowest BCUT2D eigenvalue weighted by atomic mass is 9.88. The van der Waals surface area contributed by atoms with Crippen molar-refractivity contribution in [2.45, 2.75) is 45.4 Å². The number of ether oxygens (including phenoxy) is 1. The Balaban J connectivity index is 1.83. The van der Waals surface area contributed by atoms with E-state index in [1.807, 2.05) is 12.1 Å². The van der Waals surface area contributed by atoms with E-state index in [-0.39, 0.29) is 11.6 Å². The van der Waals surface area contributed by atoms with Gasteiger partial charge < -0.3 is 4.74 Å². The molecule has 0 amide bonds. The summed E-state index contributed by atoms with van der Waals surface area (Å²) in [4.78, 5) is 0. The van der Waals surface area contributed by atoms with Crippen LogP contribution < -0.4 is 4.74 Å². The van der Waals surface area contributed by atoms with Crippen molar-refractivity contribution < 1.29 is 22.3 Å². The topological polar surface area (TPSA) is 9.23 Å². The number of fused-ring (bicyclic) bond motifs is 1. The summed E-state index contributed by atoms with van der Waals surface area (Å²) in [6.07, 6.45) is 1.22. The number of benzene rings is 2. The zero-order valence-corrected chi connectivity index (χ0v) is 14.5. The Morgan fingerprint density at radius 3 is 2.54 bits per heavy atom. The van der Waals surface area contributed by atoms with Crippen LogP contribution in [0.1, 0.15) is 48.4 Å². The van der Waals surface area contributed by atoms with Crippen LogP contribution in [0, 0.1) is 5.82 Å². The molecular formula is C21H20F4O. The highest BCUT2D eigenvalue weighted by atomic mass is 19.4. The van der Waals surface area contributed by atoms with Gasteiger partial charge in [0.05, 0.1) is 0 Å². The standard InChI is InChI=1S/C21H20F4O/c1-2-3-4-14-5-10-19(20(22)11-14)17-7-6-16-13-18(26-21(23,24)25)9-8-15(16)12-17/h5,8-13H,2-4,6-7H2,1H3. The van der Waals surface area contributed by atoms with E-state index in [1.54, 1.807) is 18.2 Å². The number of alkyl halides is 3. The van der Waals surface area contributed by atoms with E-state index in [0.717, 1.165) is 41.5 Å². The monoisotopic (exact) mass is 364 g/mol. The molecule has 0 N–H and O–H groups in total. The zero-order valence-electron chi connectivity index (χ0n) is 14.5. The third-order valence-corrected chi connectivity index (χ3v) is 4.54. The molecule has 0 unspecified atom stereocenters. The van der Waals surface area contributed by atoms with Gasteiger partial charge in [-0.1, -0.05) is 37.6 Å². The van der Waals surface area contributed by atoms with E-state index in [2.05, 4.69) is 11.7 Å². The maximum absolute atomic E-state index is 14.5. The number of hydrogen-bond donors (Lipinski definition) is 0. The lowest BCUT2D eigenvalue weighted by molar-refractivity contribution is -0.274. The van der Waals surface area contributed by atoms with Crippen LogP contribution >= 0.6 is 0 Å². The van der Waals surface area contributed by atoms with Gasteiger partial charge in [-0.15, -0.1) is 13.2 Å². The van der Waals surface area contributed by atoms with Crippen molar-refractivity contribution in [2.24, 2.45) is 0 Å². The second kappa shape index (κ2) is 7.52. The lowest BCUT2D eigenvalue weighted by Crippen LogP contribution is -2.17. The SMILES string of the molecule is CCCCc1ccc(C2=Cc3ccc(OC(F)(F)F)cc3CC2)c(F)c1. The third kappa shape index (κ3) is 4.45. The van der Waals surface area contributed by atoms with Gasteiger partial charge in [-0.05, 0) is 66.1 Å². The smallest absolute Gasteiger partial charge is 0.406 e. The van der Waals surface area contributed by atoms with Gasteiger partial charge in [0, 0.05) is 5.56 Å². The number of allylic oxidation sites excluding steroid dienone is 1. The Morgan fingerprint density at radius 1 is 1.04 bits per heavy atom. The van der Waals surface area contributed by atoms with Crippen molar-refractivity contribution in [3.63, 3.8) is 0 Å². The normalized spacial score (nSPS) is 14.0. The van der Waals surface area contributed by atoms with Crippen LogP contribution in [0.25, 0.3) is 11.6 Å². The van der Waals surface area contributed by atoms with E-state index in [9.17, 15) is 17.6 Å². The predicted octanol–water partition coefficient (Wildman–Crippen LogP) is 6.55. The number of unbranched alkanes of at least 4 members (excludes halogenated alkanes) is 1. The molecular weight excluding hydrogens is 344 g/mol. The number of rotatable bonds is 5. The minimum atomic E-state index is -4.70. The molecule has 0 heterocycles. The van der Waals surface area contributed by atoms with Gasteiger partial charge in [-0.2, -0.15) is 0 Å². The lowest BCUT2D eigenvalue weighted by Gasteiger charge is -2.19. The maximum atomic E-state index is 14.5. The van der Waals surface area contributed by atoms with E-state index in [1.165, 1.54) is 12.1 Å². The predicted molar refractivity (Wildman–Crippen MR) is 94.3 cm³/mol. The van der Waals surface area contributed by atoms with Gasteiger partial charge >= 0.3 is 6.36 Å². The summed E-state index contributed by atoms with van der Waals surface area (Å²) in [6.45, 7) is 2.10. The molecule has 0 saturated heterocycles. The molecule has 26 heavy (non-hydrogen) atoms. The summed E-state index contributed by atoms with van der Waals surface area (Å²) in [6, 6.07) is 9.62. The Hall–Kier alpha value is -2.30. The molecule has 5 heteroatoms. The highest BCUT2D eigenvalue weighted by Crippen LogP contribution is 2.34. The van der Waals surface area contributed by atoms with Crippen LogP contribution in [0.5, 0.6) is 5.75 Å². The molecule has 1 nitrogen and oxygen atoms in total. The van der Waals surface area contributed by atoms with Gasteiger partial charge in [0.1, 0.15) is 11.6 Å². The molecule has 1 aliphatic rings. The van der Waals surface area contributed by atoms with Crippen molar-refractivity contribution in [3.8, 4) is 5.75 Å². The largest absolute Gasteiger partial charge is 0.573 e. The molecule has 2 aromatic rings. The summed E-state index contributed by atoms with van der Waals surface area (Å²) in [5.74, 6) is -0.468. The molecule has 0 saturated carbocycles. The third-order valence-electron chi connectivity index (χ3n) is 4.54. The van der Waals surface area contributed by atoms with Crippen molar-refractivity contribution in [2.75, 3.05) is 0 Å². The fourth-order valence-electron chi connectivity index (χ4n) is 3.23. The van der Waals surface area contributed by atoms with Gasteiger partial charge in [-0.25, -0.2) is 4.39 Å². The van der Waals surface area contributed by atoms with Gasteiger partial charge in [-0.3, -0.25) is 0 Å². The van der Waals surface area contributed by atoms with Crippen LogP contribution in [0.15, 0.2) is 36.4 Å². The molecule has 0 bridgehead atoms. The first kappa shape index (κ1) is 18.5. The number of hydrogen-bond acceptors (Lipinski definition) is 1. The average molecular weight is 364 g/mol. The second-order valence-electron chi connectivity index (χ2n) is 6.50. The quantitative estimate of drug-likeness (QED) is 0.546. The van der Waals surface area contributed by atoms with Gasteiger partial charge in [0.25, 0.3) is 0 Å². The molecule has 0 atom stereocenters.